The Balaban J connectivity index is 1.41. The lowest BCUT2D eigenvalue weighted by atomic mass is 10.2. The minimum Gasteiger partial charge on any atom is -0.345 e. The number of carbonyl (C=O) groups is 2. The second-order valence-electron chi connectivity index (χ2n) is 8.35. The molecule has 8 nitrogen and oxygen atoms in total. The molecular weight excluding hydrogens is 440 g/mol. The number of halogens is 1. The van der Waals surface area contributed by atoms with Crippen LogP contribution in [0.25, 0.3) is 11.0 Å². The maximum atomic E-state index is 12.6. The molecule has 174 valence electrons. The first-order valence-electron chi connectivity index (χ1n) is 11.1. The predicted molar refractivity (Wildman–Crippen MR) is 131 cm³/mol. The molecule has 0 saturated carbocycles. The summed E-state index contributed by atoms with van der Waals surface area (Å²) < 4.78 is 2.19. The van der Waals surface area contributed by atoms with Crippen molar-refractivity contribution in [2.24, 2.45) is 0 Å². The maximum Gasteiger partial charge on any atom is 0.321 e. The van der Waals surface area contributed by atoms with Gasteiger partial charge in [-0.2, -0.15) is 0 Å². The average Bonchev–Trinajstić information content (AvgIpc) is 3.16. The molecule has 3 amide bonds. The maximum absolute atomic E-state index is 12.6. The number of nitrogens with one attached hydrogen (secondary N) is 1. The van der Waals surface area contributed by atoms with Gasteiger partial charge in [-0.05, 0) is 37.3 Å². The summed E-state index contributed by atoms with van der Waals surface area (Å²) in [5, 5.41) is 3.42. The number of carbonyl (C=O) groups excluding carboxylic acids is 2. The van der Waals surface area contributed by atoms with Gasteiger partial charge in [-0.15, -0.1) is 0 Å². The number of hydrogen-bond donors (Lipinski definition) is 1. The van der Waals surface area contributed by atoms with Crippen LogP contribution in [-0.2, 0) is 13.1 Å². The highest BCUT2D eigenvalue weighted by Gasteiger charge is 2.23. The van der Waals surface area contributed by atoms with E-state index < -0.39 is 0 Å². The minimum atomic E-state index is -0.137. The van der Waals surface area contributed by atoms with Gasteiger partial charge in [0.15, 0.2) is 0 Å². The van der Waals surface area contributed by atoms with E-state index in [-0.39, 0.29) is 11.9 Å². The number of amides is 3. The summed E-state index contributed by atoms with van der Waals surface area (Å²) in [6, 6.07) is 12.8. The Morgan fingerprint density at radius 2 is 1.82 bits per heavy atom. The van der Waals surface area contributed by atoms with Crippen LogP contribution in [0.4, 0.5) is 10.5 Å². The summed E-state index contributed by atoms with van der Waals surface area (Å²) >= 11 is 6.15. The van der Waals surface area contributed by atoms with E-state index in [1.807, 2.05) is 35.2 Å². The SMILES string of the molecule is CCn1c(CN2CCN(C(=O)Nc3ccccc3Cl)CC2)nc2cc(C(=O)N(C)C)ccc21. The summed E-state index contributed by atoms with van der Waals surface area (Å²) in [6.45, 7) is 6.36. The Hall–Kier alpha value is -3.10. The monoisotopic (exact) mass is 468 g/mol. The van der Waals surface area contributed by atoms with Gasteiger partial charge in [0.05, 0.1) is 28.3 Å². The van der Waals surface area contributed by atoms with Crippen molar-refractivity contribution in [3.05, 3.63) is 58.9 Å². The van der Waals surface area contributed by atoms with Crippen LogP contribution in [0, 0.1) is 0 Å². The molecule has 3 aromatic rings. The highest BCUT2D eigenvalue weighted by atomic mass is 35.5. The third-order valence-corrected chi connectivity index (χ3v) is 6.27. The molecule has 0 spiro atoms. The topological polar surface area (TPSA) is 73.7 Å². The molecule has 0 bridgehead atoms. The minimum absolute atomic E-state index is 0.0318. The number of aromatic nitrogens is 2. The number of benzene rings is 2. The molecule has 1 saturated heterocycles. The third kappa shape index (κ3) is 4.96. The largest absolute Gasteiger partial charge is 0.345 e. The standard InChI is InChI=1S/C24H29ClN6O2/c1-4-31-21-10-9-17(23(32)28(2)3)15-20(21)26-22(31)16-29-11-13-30(14-12-29)24(33)27-19-8-6-5-7-18(19)25/h5-10,15H,4,11-14,16H2,1-3H3,(H,27,33). The molecule has 33 heavy (non-hydrogen) atoms. The van der Waals surface area contributed by atoms with Gasteiger partial charge >= 0.3 is 6.03 Å². The molecule has 4 rings (SSSR count). The van der Waals surface area contributed by atoms with Crippen LogP contribution >= 0.6 is 11.6 Å². The Labute approximate surface area is 198 Å². The molecule has 0 unspecified atom stereocenters. The van der Waals surface area contributed by atoms with Crippen molar-refractivity contribution in [1.29, 1.82) is 0 Å². The fourth-order valence-electron chi connectivity index (χ4n) is 4.11. The summed E-state index contributed by atoms with van der Waals surface area (Å²) in [5.74, 6) is 0.937. The highest BCUT2D eigenvalue weighted by molar-refractivity contribution is 6.33. The lowest BCUT2D eigenvalue weighted by molar-refractivity contribution is 0.0827. The van der Waals surface area contributed by atoms with E-state index >= 15 is 0 Å². The molecule has 1 aromatic heterocycles. The zero-order chi connectivity index (χ0) is 23.5. The number of nitrogens with zero attached hydrogens (tertiary/aromatic N) is 5. The molecule has 1 fully saturated rings. The number of rotatable bonds is 5. The van der Waals surface area contributed by atoms with Crippen LogP contribution in [0.2, 0.25) is 5.02 Å². The fourth-order valence-corrected chi connectivity index (χ4v) is 4.29. The molecule has 1 aliphatic heterocycles. The van der Waals surface area contributed by atoms with E-state index in [0.29, 0.717) is 35.9 Å². The van der Waals surface area contributed by atoms with Gasteiger partial charge < -0.3 is 19.7 Å². The number of para-hydroxylation sites is 1. The zero-order valence-electron chi connectivity index (χ0n) is 19.2. The Bertz CT molecular complexity index is 1170. The number of urea groups is 1. The second kappa shape index (κ2) is 9.80. The predicted octanol–water partition coefficient (Wildman–Crippen LogP) is 3.76. The molecule has 1 aliphatic rings. The van der Waals surface area contributed by atoms with E-state index in [2.05, 4.69) is 21.7 Å². The van der Waals surface area contributed by atoms with Crippen LogP contribution in [-0.4, -0.2) is 76.5 Å². The highest BCUT2D eigenvalue weighted by Crippen LogP contribution is 2.22. The fraction of sp³-hybridized carbons (Fsp3) is 0.375. The lowest BCUT2D eigenvalue weighted by Gasteiger charge is -2.34. The molecule has 1 N–H and O–H groups in total. The van der Waals surface area contributed by atoms with E-state index in [4.69, 9.17) is 16.6 Å². The third-order valence-electron chi connectivity index (χ3n) is 5.94. The number of anilines is 1. The van der Waals surface area contributed by atoms with E-state index in [9.17, 15) is 9.59 Å². The smallest absolute Gasteiger partial charge is 0.321 e. The van der Waals surface area contributed by atoms with Gasteiger partial charge in [0.2, 0.25) is 0 Å². The molecule has 0 radical (unpaired) electrons. The molecule has 0 atom stereocenters. The summed E-state index contributed by atoms with van der Waals surface area (Å²) in [7, 11) is 3.49. The van der Waals surface area contributed by atoms with Crippen molar-refractivity contribution in [3.8, 4) is 0 Å². The van der Waals surface area contributed by atoms with E-state index in [1.54, 1.807) is 31.1 Å². The van der Waals surface area contributed by atoms with Gasteiger partial charge in [-0.25, -0.2) is 9.78 Å². The Kier molecular flexibility index (Phi) is 6.85. The van der Waals surface area contributed by atoms with E-state index in [0.717, 1.165) is 36.5 Å². The lowest BCUT2D eigenvalue weighted by Crippen LogP contribution is -2.49. The van der Waals surface area contributed by atoms with Crippen LogP contribution in [0.1, 0.15) is 23.1 Å². The molecule has 0 aliphatic carbocycles. The second-order valence-corrected chi connectivity index (χ2v) is 8.76. The van der Waals surface area contributed by atoms with Crippen molar-refractivity contribution < 1.29 is 9.59 Å². The van der Waals surface area contributed by atoms with Crippen LogP contribution in [0.5, 0.6) is 0 Å². The first-order valence-corrected chi connectivity index (χ1v) is 11.5. The van der Waals surface area contributed by atoms with Crippen LogP contribution < -0.4 is 5.32 Å². The van der Waals surface area contributed by atoms with Crippen LogP contribution in [0.3, 0.4) is 0 Å². The average molecular weight is 469 g/mol. The van der Waals surface area contributed by atoms with Gasteiger partial charge in [0, 0.05) is 52.4 Å². The molecule has 2 aromatic carbocycles. The normalized spacial score (nSPS) is 14.5. The number of piperazine rings is 1. The Morgan fingerprint density at radius 3 is 2.48 bits per heavy atom. The summed E-state index contributed by atoms with van der Waals surface area (Å²) in [5.41, 5.74) is 3.12. The van der Waals surface area contributed by atoms with Gasteiger partial charge in [-0.1, -0.05) is 23.7 Å². The van der Waals surface area contributed by atoms with Crippen LogP contribution in [0.15, 0.2) is 42.5 Å². The van der Waals surface area contributed by atoms with Gasteiger partial charge in [0.25, 0.3) is 5.91 Å². The number of aryl methyl sites for hydroxylation is 1. The number of fused-ring (bicyclic) bond motifs is 1. The first-order chi connectivity index (χ1) is 15.9. The molecule has 9 heteroatoms. The summed E-state index contributed by atoms with van der Waals surface area (Å²) in [4.78, 5) is 35.5. The summed E-state index contributed by atoms with van der Waals surface area (Å²) in [6.07, 6.45) is 0. The Morgan fingerprint density at radius 1 is 1.09 bits per heavy atom. The van der Waals surface area contributed by atoms with Gasteiger partial charge in [-0.3, -0.25) is 9.69 Å². The van der Waals surface area contributed by atoms with E-state index in [1.165, 1.54) is 0 Å². The first kappa shape index (κ1) is 23.1. The van der Waals surface area contributed by atoms with Crippen molar-refractivity contribution in [3.63, 3.8) is 0 Å². The molecular formula is C24H29ClN6O2. The van der Waals surface area contributed by atoms with Crippen molar-refractivity contribution >= 4 is 40.3 Å². The van der Waals surface area contributed by atoms with Crippen molar-refractivity contribution in [2.45, 2.75) is 20.0 Å². The molecule has 2 heterocycles. The van der Waals surface area contributed by atoms with Crippen molar-refractivity contribution in [2.75, 3.05) is 45.6 Å². The van der Waals surface area contributed by atoms with Gasteiger partial charge in [0.1, 0.15) is 5.82 Å². The van der Waals surface area contributed by atoms with Crippen molar-refractivity contribution in [1.82, 2.24) is 24.3 Å². The number of imidazole rings is 1. The zero-order valence-corrected chi connectivity index (χ0v) is 20.0. The quantitative estimate of drug-likeness (QED) is 0.618. The number of hydrogen-bond acceptors (Lipinski definition) is 4.